The van der Waals surface area contributed by atoms with E-state index in [1.165, 1.54) is 54.9 Å². The molecule has 0 atom stereocenters. The first-order chi connectivity index (χ1) is 25.7. The van der Waals surface area contributed by atoms with Crippen LogP contribution in [0.1, 0.15) is 0 Å². The Morgan fingerprint density at radius 3 is 1.69 bits per heavy atom. The maximum atomic E-state index is 6.51. The third kappa shape index (κ3) is 5.30. The normalized spacial score (nSPS) is 11.5. The summed E-state index contributed by atoms with van der Waals surface area (Å²) in [6.45, 7) is 0. The van der Waals surface area contributed by atoms with Gasteiger partial charge in [0.05, 0.1) is 0 Å². The Hall–Kier alpha value is -6.90. The fraction of sp³-hybridized carbons (Fsp3) is 0. The van der Waals surface area contributed by atoms with Gasteiger partial charge >= 0.3 is 0 Å². The summed E-state index contributed by atoms with van der Waals surface area (Å²) in [5.74, 6) is 0. The van der Waals surface area contributed by atoms with Gasteiger partial charge in [0.15, 0.2) is 0 Å². The average Bonchev–Trinajstić information content (AvgIpc) is 3.59. The lowest BCUT2D eigenvalue weighted by atomic mass is 9.98. The summed E-state index contributed by atoms with van der Waals surface area (Å²) in [5.41, 5.74) is 12.1. The molecule has 9 aromatic carbocycles. The van der Waals surface area contributed by atoms with E-state index in [4.69, 9.17) is 4.42 Å². The zero-order valence-electron chi connectivity index (χ0n) is 28.4. The fourth-order valence-electron chi connectivity index (χ4n) is 7.60. The fourth-order valence-corrected chi connectivity index (χ4v) is 7.60. The summed E-state index contributed by atoms with van der Waals surface area (Å²) in [6, 6.07) is 71.7. The Kier molecular flexibility index (Phi) is 7.18. The van der Waals surface area contributed by atoms with Crippen LogP contribution in [0.2, 0.25) is 0 Å². The van der Waals surface area contributed by atoms with E-state index in [0.29, 0.717) is 0 Å². The van der Waals surface area contributed by atoms with Crippen molar-refractivity contribution in [2.75, 3.05) is 4.90 Å². The monoisotopic (exact) mass is 663 g/mol. The molecular formula is C50H33NO. The van der Waals surface area contributed by atoms with Crippen molar-refractivity contribution in [1.29, 1.82) is 0 Å². The van der Waals surface area contributed by atoms with Crippen LogP contribution in [0.3, 0.4) is 0 Å². The Morgan fingerprint density at radius 2 is 0.885 bits per heavy atom. The van der Waals surface area contributed by atoms with E-state index >= 15 is 0 Å². The molecule has 0 aliphatic heterocycles. The third-order valence-electron chi connectivity index (χ3n) is 10.3. The van der Waals surface area contributed by atoms with E-state index in [-0.39, 0.29) is 0 Å². The number of hydrogen-bond acceptors (Lipinski definition) is 2. The molecule has 0 saturated heterocycles. The van der Waals surface area contributed by atoms with Crippen LogP contribution < -0.4 is 4.90 Å². The molecule has 10 aromatic rings. The molecule has 0 bridgehead atoms. The van der Waals surface area contributed by atoms with Crippen molar-refractivity contribution in [3.8, 4) is 33.4 Å². The number of fused-ring (bicyclic) bond motifs is 5. The molecule has 0 N–H and O–H groups in total. The molecule has 1 heterocycles. The highest BCUT2D eigenvalue weighted by Gasteiger charge is 2.17. The van der Waals surface area contributed by atoms with Gasteiger partial charge in [-0.15, -0.1) is 0 Å². The molecule has 52 heavy (non-hydrogen) atoms. The van der Waals surface area contributed by atoms with Crippen LogP contribution in [0.15, 0.2) is 205 Å². The highest BCUT2D eigenvalue weighted by Crippen LogP contribution is 2.41. The lowest BCUT2D eigenvalue weighted by Crippen LogP contribution is -2.09. The predicted octanol–water partition coefficient (Wildman–Crippen LogP) is 14.4. The van der Waals surface area contributed by atoms with Crippen molar-refractivity contribution in [3.63, 3.8) is 0 Å². The van der Waals surface area contributed by atoms with Crippen LogP contribution >= 0.6 is 0 Å². The lowest BCUT2D eigenvalue weighted by Gasteiger charge is -2.26. The zero-order chi connectivity index (χ0) is 34.4. The summed E-state index contributed by atoms with van der Waals surface area (Å²) in [4.78, 5) is 2.32. The van der Waals surface area contributed by atoms with Gasteiger partial charge in [0, 0.05) is 33.9 Å². The molecule has 0 unspecified atom stereocenters. The van der Waals surface area contributed by atoms with Crippen LogP contribution in [0.25, 0.3) is 76.9 Å². The Labute approximate surface area is 302 Å². The van der Waals surface area contributed by atoms with Gasteiger partial charge in [0.2, 0.25) is 0 Å². The van der Waals surface area contributed by atoms with Crippen molar-refractivity contribution < 1.29 is 4.42 Å². The van der Waals surface area contributed by atoms with E-state index in [2.05, 4.69) is 205 Å². The first-order valence-corrected chi connectivity index (χ1v) is 17.7. The topological polar surface area (TPSA) is 16.4 Å². The third-order valence-corrected chi connectivity index (χ3v) is 10.3. The molecule has 0 aliphatic rings. The SMILES string of the molecule is c1ccc(-c2ccc3oc4cc(N(c5ccc(-c6ccc7ccccc7c6)cc5)c5ccc(-c6cccc7ccccc67)cc5)ccc4c3c2)cc1. The van der Waals surface area contributed by atoms with Gasteiger partial charge in [-0.1, -0.05) is 140 Å². The quantitative estimate of drug-likeness (QED) is 0.176. The van der Waals surface area contributed by atoms with Crippen molar-refractivity contribution >= 4 is 60.5 Å². The van der Waals surface area contributed by atoms with Gasteiger partial charge in [0.25, 0.3) is 0 Å². The largest absolute Gasteiger partial charge is 0.456 e. The molecule has 10 rings (SSSR count). The Bertz CT molecular complexity index is 2880. The summed E-state index contributed by atoms with van der Waals surface area (Å²) < 4.78 is 6.51. The van der Waals surface area contributed by atoms with Gasteiger partial charge in [-0.25, -0.2) is 0 Å². The highest BCUT2D eigenvalue weighted by atomic mass is 16.3. The summed E-state index contributed by atoms with van der Waals surface area (Å²) in [6.07, 6.45) is 0. The number of anilines is 3. The number of hydrogen-bond donors (Lipinski definition) is 0. The average molecular weight is 664 g/mol. The first kappa shape index (κ1) is 30.0. The van der Waals surface area contributed by atoms with Gasteiger partial charge in [-0.05, 0) is 110 Å². The second-order valence-corrected chi connectivity index (χ2v) is 13.4. The second-order valence-electron chi connectivity index (χ2n) is 13.4. The van der Waals surface area contributed by atoms with E-state index in [0.717, 1.165) is 39.0 Å². The molecule has 2 nitrogen and oxygen atoms in total. The van der Waals surface area contributed by atoms with Crippen molar-refractivity contribution in [2.45, 2.75) is 0 Å². The van der Waals surface area contributed by atoms with E-state index in [1.807, 2.05) is 0 Å². The van der Waals surface area contributed by atoms with Crippen LogP contribution in [-0.4, -0.2) is 0 Å². The van der Waals surface area contributed by atoms with Crippen LogP contribution in [0, 0.1) is 0 Å². The molecule has 0 radical (unpaired) electrons. The van der Waals surface area contributed by atoms with E-state index < -0.39 is 0 Å². The molecule has 0 fully saturated rings. The van der Waals surface area contributed by atoms with Crippen molar-refractivity contribution in [3.05, 3.63) is 200 Å². The number of benzene rings is 9. The summed E-state index contributed by atoms with van der Waals surface area (Å²) in [7, 11) is 0. The van der Waals surface area contributed by atoms with Crippen molar-refractivity contribution in [1.82, 2.24) is 0 Å². The molecule has 0 saturated carbocycles. The molecule has 0 aliphatic carbocycles. The van der Waals surface area contributed by atoms with Crippen LogP contribution in [-0.2, 0) is 0 Å². The second kappa shape index (κ2) is 12.5. The molecule has 0 amide bonds. The maximum Gasteiger partial charge on any atom is 0.137 e. The van der Waals surface area contributed by atoms with Gasteiger partial charge in [-0.3, -0.25) is 0 Å². The van der Waals surface area contributed by atoms with Crippen LogP contribution in [0.5, 0.6) is 0 Å². The molecule has 0 spiro atoms. The number of nitrogens with zero attached hydrogens (tertiary/aromatic N) is 1. The Morgan fingerprint density at radius 1 is 0.288 bits per heavy atom. The van der Waals surface area contributed by atoms with E-state index in [9.17, 15) is 0 Å². The maximum absolute atomic E-state index is 6.51. The van der Waals surface area contributed by atoms with Gasteiger partial charge in [0.1, 0.15) is 11.2 Å². The van der Waals surface area contributed by atoms with Gasteiger partial charge in [-0.2, -0.15) is 0 Å². The molecule has 2 heteroatoms. The minimum absolute atomic E-state index is 0.864. The number of furan rings is 1. The first-order valence-electron chi connectivity index (χ1n) is 17.7. The lowest BCUT2D eigenvalue weighted by molar-refractivity contribution is 0.669. The predicted molar refractivity (Wildman–Crippen MR) is 220 cm³/mol. The Balaban J connectivity index is 1.07. The zero-order valence-corrected chi connectivity index (χ0v) is 28.4. The molecule has 244 valence electrons. The van der Waals surface area contributed by atoms with Gasteiger partial charge < -0.3 is 9.32 Å². The minimum atomic E-state index is 0.864. The minimum Gasteiger partial charge on any atom is -0.456 e. The standard InChI is InChI=1S/C50H33NO/c1-2-9-34(10-3-1)41-23-30-49-48(32-41)47-29-28-44(33-50(47)52-49)51(42-24-19-36(20-25-42)40-18-17-35-11-4-5-13-39(35)31-40)43-26-21-38(22-27-43)46-16-8-14-37-12-6-7-15-45(37)46/h1-33H. The van der Waals surface area contributed by atoms with Crippen LogP contribution in [0.4, 0.5) is 17.1 Å². The summed E-state index contributed by atoms with van der Waals surface area (Å²) in [5, 5.41) is 7.21. The summed E-state index contributed by atoms with van der Waals surface area (Å²) >= 11 is 0. The highest BCUT2D eigenvalue weighted by molar-refractivity contribution is 6.07. The number of rotatable bonds is 6. The molecule has 1 aromatic heterocycles. The smallest absolute Gasteiger partial charge is 0.137 e. The molecular weight excluding hydrogens is 631 g/mol. The van der Waals surface area contributed by atoms with Crippen molar-refractivity contribution in [2.24, 2.45) is 0 Å². The van der Waals surface area contributed by atoms with E-state index in [1.54, 1.807) is 0 Å².